The van der Waals surface area contributed by atoms with Gasteiger partial charge < -0.3 is 14.4 Å². The fourth-order valence-electron chi connectivity index (χ4n) is 2.75. The number of Topliss-reactive ketones (excluding diaryl/α,β-unsaturated/α-hetero) is 1. The molecule has 0 atom stereocenters. The highest BCUT2D eigenvalue weighted by Crippen LogP contribution is 2.30. The maximum absolute atomic E-state index is 12.1. The SMILES string of the molecule is COc1ccc(CCN2C(=O)C(=O)c3ccccc32)cc1OC. The number of hydrogen-bond donors (Lipinski definition) is 0. The summed E-state index contributed by atoms with van der Waals surface area (Å²) in [6.45, 7) is 0.442. The molecule has 0 saturated heterocycles. The molecule has 118 valence electrons. The average Bonchev–Trinajstić information content (AvgIpc) is 2.84. The minimum absolute atomic E-state index is 0.437. The van der Waals surface area contributed by atoms with Crippen LogP contribution in [0.1, 0.15) is 15.9 Å². The summed E-state index contributed by atoms with van der Waals surface area (Å²) in [4.78, 5) is 25.6. The summed E-state index contributed by atoms with van der Waals surface area (Å²) in [6.07, 6.45) is 0.619. The van der Waals surface area contributed by atoms with Crippen LogP contribution in [-0.2, 0) is 11.2 Å². The number of ketones is 1. The molecule has 1 heterocycles. The van der Waals surface area contributed by atoms with Crippen LogP contribution in [0.5, 0.6) is 11.5 Å². The molecule has 0 aliphatic carbocycles. The van der Waals surface area contributed by atoms with Crippen molar-refractivity contribution in [2.45, 2.75) is 6.42 Å². The number of ether oxygens (including phenoxy) is 2. The molecular formula is C18H17NO4. The average molecular weight is 311 g/mol. The Kier molecular flexibility index (Phi) is 4.02. The van der Waals surface area contributed by atoms with Crippen LogP contribution >= 0.6 is 0 Å². The van der Waals surface area contributed by atoms with Gasteiger partial charge in [-0.2, -0.15) is 0 Å². The third kappa shape index (κ3) is 2.65. The molecule has 0 saturated carbocycles. The molecule has 5 heteroatoms. The summed E-state index contributed by atoms with van der Waals surface area (Å²) in [5.74, 6) is 0.405. The Morgan fingerprint density at radius 3 is 2.43 bits per heavy atom. The number of fused-ring (bicyclic) bond motifs is 1. The summed E-state index contributed by atoms with van der Waals surface area (Å²) >= 11 is 0. The monoisotopic (exact) mass is 311 g/mol. The second kappa shape index (κ2) is 6.12. The van der Waals surface area contributed by atoms with Gasteiger partial charge in [0, 0.05) is 6.54 Å². The van der Waals surface area contributed by atoms with E-state index in [9.17, 15) is 9.59 Å². The fourth-order valence-corrected chi connectivity index (χ4v) is 2.75. The van der Waals surface area contributed by atoms with Gasteiger partial charge in [0.2, 0.25) is 0 Å². The molecule has 23 heavy (non-hydrogen) atoms. The largest absolute Gasteiger partial charge is 0.493 e. The van der Waals surface area contributed by atoms with Gasteiger partial charge in [0.15, 0.2) is 11.5 Å². The van der Waals surface area contributed by atoms with E-state index in [-0.39, 0.29) is 0 Å². The van der Waals surface area contributed by atoms with Crippen molar-refractivity contribution in [3.63, 3.8) is 0 Å². The predicted octanol–water partition coefficient (Wildman–Crippen LogP) is 2.48. The summed E-state index contributed by atoms with van der Waals surface area (Å²) < 4.78 is 10.5. The van der Waals surface area contributed by atoms with Crippen molar-refractivity contribution in [2.24, 2.45) is 0 Å². The van der Waals surface area contributed by atoms with E-state index in [0.29, 0.717) is 35.7 Å². The lowest BCUT2D eigenvalue weighted by atomic mass is 10.1. The zero-order valence-electron chi connectivity index (χ0n) is 13.0. The van der Waals surface area contributed by atoms with Crippen molar-refractivity contribution in [1.82, 2.24) is 0 Å². The lowest BCUT2D eigenvalue weighted by Crippen LogP contribution is -2.31. The highest BCUT2D eigenvalue weighted by Gasteiger charge is 2.34. The zero-order chi connectivity index (χ0) is 16.4. The van der Waals surface area contributed by atoms with Crippen molar-refractivity contribution in [2.75, 3.05) is 25.7 Å². The van der Waals surface area contributed by atoms with Crippen molar-refractivity contribution in [3.05, 3.63) is 53.6 Å². The Labute approximate surface area is 134 Å². The van der Waals surface area contributed by atoms with Gasteiger partial charge in [-0.3, -0.25) is 9.59 Å². The van der Waals surface area contributed by atoms with Gasteiger partial charge in [-0.05, 0) is 36.2 Å². The van der Waals surface area contributed by atoms with Gasteiger partial charge in [0.25, 0.3) is 11.7 Å². The van der Waals surface area contributed by atoms with Crippen LogP contribution in [0.3, 0.4) is 0 Å². The van der Waals surface area contributed by atoms with Gasteiger partial charge >= 0.3 is 0 Å². The molecule has 1 amide bonds. The van der Waals surface area contributed by atoms with Crippen LogP contribution in [0.4, 0.5) is 5.69 Å². The number of nitrogens with zero attached hydrogens (tertiary/aromatic N) is 1. The topological polar surface area (TPSA) is 55.8 Å². The van der Waals surface area contributed by atoms with Crippen molar-refractivity contribution in [1.29, 1.82) is 0 Å². The quantitative estimate of drug-likeness (QED) is 0.796. The van der Waals surface area contributed by atoms with E-state index >= 15 is 0 Å². The third-order valence-corrected chi connectivity index (χ3v) is 3.95. The molecule has 0 fully saturated rings. The van der Waals surface area contributed by atoms with Crippen LogP contribution in [0, 0.1) is 0 Å². The molecule has 2 aromatic carbocycles. The van der Waals surface area contributed by atoms with E-state index < -0.39 is 11.7 Å². The smallest absolute Gasteiger partial charge is 0.299 e. The molecule has 1 aliphatic heterocycles. The molecule has 0 aromatic heterocycles. The number of rotatable bonds is 5. The predicted molar refractivity (Wildman–Crippen MR) is 86.4 cm³/mol. The first-order valence-corrected chi connectivity index (χ1v) is 7.32. The Balaban J connectivity index is 1.79. The summed E-state index contributed by atoms with van der Waals surface area (Å²) in [5, 5.41) is 0. The van der Waals surface area contributed by atoms with E-state index in [0.717, 1.165) is 5.56 Å². The zero-order valence-corrected chi connectivity index (χ0v) is 13.0. The first kappa shape index (κ1) is 15.1. The van der Waals surface area contributed by atoms with Crippen LogP contribution in [0.25, 0.3) is 0 Å². The fraction of sp³-hybridized carbons (Fsp3) is 0.222. The number of carbonyl (C=O) groups excluding carboxylic acids is 2. The maximum Gasteiger partial charge on any atom is 0.299 e. The van der Waals surface area contributed by atoms with E-state index in [1.807, 2.05) is 24.3 Å². The van der Waals surface area contributed by atoms with E-state index in [2.05, 4.69) is 0 Å². The van der Waals surface area contributed by atoms with Gasteiger partial charge in [0.1, 0.15) is 0 Å². The first-order valence-electron chi connectivity index (χ1n) is 7.32. The van der Waals surface area contributed by atoms with E-state index in [4.69, 9.17) is 9.47 Å². The lowest BCUT2D eigenvalue weighted by Gasteiger charge is -2.17. The Bertz CT molecular complexity index is 769. The number of benzene rings is 2. The highest BCUT2D eigenvalue weighted by atomic mass is 16.5. The second-order valence-corrected chi connectivity index (χ2v) is 5.24. The van der Waals surface area contributed by atoms with Crippen LogP contribution in [0.15, 0.2) is 42.5 Å². The van der Waals surface area contributed by atoms with Gasteiger partial charge in [-0.1, -0.05) is 18.2 Å². The molecule has 0 unspecified atom stereocenters. The molecule has 0 bridgehead atoms. The Hall–Kier alpha value is -2.82. The number of hydrogen-bond acceptors (Lipinski definition) is 4. The molecule has 0 radical (unpaired) electrons. The van der Waals surface area contributed by atoms with Crippen LogP contribution in [0.2, 0.25) is 0 Å². The lowest BCUT2D eigenvalue weighted by molar-refractivity contribution is -0.114. The summed E-state index contributed by atoms with van der Waals surface area (Å²) in [6, 6.07) is 12.7. The maximum atomic E-state index is 12.1. The number of carbonyl (C=O) groups is 2. The Morgan fingerprint density at radius 2 is 1.70 bits per heavy atom. The third-order valence-electron chi connectivity index (χ3n) is 3.95. The minimum atomic E-state index is -0.466. The molecule has 0 N–H and O–H groups in total. The normalized spacial score (nSPS) is 13.2. The first-order chi connectivity index (χ1) is 11.2. The van der Waals surface area contributed by atoms with Gasteiger partial charge in [-0.25, -0.2) is 0 Å². The molecule has 0 spiro atoms. The highest BCUT2D eigenvalue weighted by molar-refractivity contribution is 6.52. The minimum Gasteiger partial charge on any atom is -0.493 e. The number of amides is 1. The number of anilines is 1. The van der Waals surface area contributed by atoms with Crippen LogP contribution in [-0.4, -0.2) is 32.5 Å². The standard InChI is InChI=1S/C18H17NO4/c1-22-15-8-7-12(11-16(15)23-2)9-10-19-14-6-4-3-5-13(14)17(20)18(19)21/h3-8,11H,9-10H2,1-2H3. The molecule has 1 aliphatic rings. The number of para-hydroxylation sites is 1. The van der Waals surface area contributed by atoms with E-state index in [1.165, 1.54) is 4.90 Å². The summed E-state index contributed by atoms with van der Waals surface area (Å²) in [5.41, 5.74) is 2.17. The van der Waals surface area contributed by atoms with Gasteiger partial charge in [0.05, 0.1) is 25.5 Å². The Morgan fingerprint density at radius 1 is 0.957 bits per heavy atom. The second-order valence-electron chi connectivity index (χ2n) is 5.24. The van der Waals surface area contributed by atoms with Crippen molar-refractivity contribution < 1.29 is 19.1 Å². The molecule has 5 nitrogen and oxygen atoms in total. The van der Waals surface area contributed by atoms with Gasteiger partial charge in [-0.15, -0.1) is 0 Å². The van der Waals surface area contributed by atoms with Crippen molar-refractivity contribution >= 4 is 17.4 Å². The number of methoxy groups -OCH3 is 2. The molecule has 2 aromatic rings. The van der Waals surface area contributed by atoms with Crippen LogP contribution < -0.4 is 14.4 Å². The summed E-state index contributed by atoms with van der Waals surface area (Å²) in [7, 11) is 3.17. The molecule has 3 rings (SSSR count). The van der Waals surface area contributed by atoms with Crippen molar-refractivity contribution in [3.8, 4) is 11.5 Å². The van der Waals surface area contributed by atoms with E-state index in [1.54, 1.807) is 32.4 Å². The molecular weight excluding hydrogens is 294 g/mol.